The Bertz CT molecular complexity index is 1020. The predicted octanol–water partition coefficient (Wildman–Crippen LogP) is 5.63. The largest absolute Gasteiger partial charge is 0.491 e. The minimum absolute atomic E-state index is 0.0653. The number of hydrogen-bond donors (Lipinski definition) is 2. The van der Waals surface area contributed by atoms with E-state index in [1.54, 1.807) is 72.8 Å². The van der Waals surface area contributed by atoms with Gasteiger partial charge in [0.2, 0.25) is 0 Å². The third-order valence-electron chi connectivity index (χ3n) is 3.95. The van der Waals surface area contributed by atoms with Crippen LogP contribution in [0.3, 0.4) is 0 Å². The van der Waals surface area contributed by atoms with Gasteiger partial charge in [0, 0.05) is 27.5 Å². The summed E-state index contributed by atoms with van der Waals surface area (Å²) in [5.74, 6) is 0.142. The molecule has 2 N–H and O–H groups in total. The van der Waals surface area contributed by atoms with Crippen molar-refractivity contribution >= 4 is 34.8 Å². The molecule has 0 aliphatic rings. The van der Waals surface area contributed by atoms with Gasteiger partial charge in [0.05, 0.1) is 6.10 Å². The van der Waals surface area contributed by atoms with Crippen LogP contribution in [-0.2, 0) is 0 Å². The first-order valence-corrected chi connectivity index (χ1v) is 9.53. The van der Waals surface area contributed by atoms with Crippen LogP contribution in [0.5, 0.6) is 5.75 Å². The maximum Gasteiger partial charge on any atom is 0.255 e. The van der Waals surface area contributed by atoms with E-state index in [2.05, 4.69) is 10.6 Å². The summed E-state index contributed by atoms with van der Waals surface area (Å²) >= 11 is 5.94. The molecule has 0 saturated heterocycles. The molecule has 0 fully saturated rings. The maximum atomic E-state index is 12.5. The normalized spacial score (nSPS) is 10.5. The molecule has 0 aliphatic carbocycles. The molecule has 0 radical (unpaired) electrons. The van der Waals surface area contributed by atoms with Crippen molar-refractivity contribution in [1.29, 1.82) is 0 Å². The van der Waals surface area contributed by atoms with Gasteiger partial charge in [-0.15, -0.1) is 0 Å². The number of anilines is 2. The number of rotatable bonds is 6. The molecule has 148 valence electrons. The van der Waals surface area contributed by atoms with Crippen molar-refractivity contribution in [3.05, 3.63) is 88.9 Å². The number of ether oxygens (including phenoxy) is 1. The average Bonchev–Trinajstić information content (AvgIpc) is 2.68. The van der Waals surface area contributed by atoms with Gasteiger partial charge in [0.15, 0.2) is 0 Å². The molecule has 0 saturated carbocycles. The van der Waals surface area contributed by atoms with Crippen molar-refractivity contribution in [3.8, 4) is 5.75 Å². The Morgan fingerprint density at radius 1 is 0.793 bits per heavy atom. The summed E-state index contributed by atoms with van der Waals surface area (Å²) in [6, 6.07) is 20.5. The van der Waals surface area contributed by atoms with Gasteiger partial charge < -0.3 is 15.4 Å². The van der Waals surface area contributed by atoms with Crippen LogP contribution in [0, 0.1) is 0 Å². The van der Waals surface area contributed by atoms with E-state index in [9.17, 15) is 9.59 Å². The number of amides is 2. The van der Waals surface area contributed by atoms with Crippen molar-refractivity contribution in [1.82, 2.24) is 0 Å². The van der Waals surface area contributed by atoms with E-state index in [1.165, 1.54) is 0 Å². The topological polar surface area (TPSA) is 67.4 Å². The first kappa shape index (κ1) is 20.4. The molecule has 0 aliphatic heterocycles. The zero-order valence-electron chi connectivity index (χ0n) is 16.1. The highest BCUT2D eigenvalue weighted by atomic mass is 35.5. The van der Waals surface area contributed by atoms with Gasteiger partial charge in [-0.05, 0) is 74.5 Å². The molecule has 29 heavy (non-hydrogen) atoms. The molecule has 5 nitrogen and oxygen atoms in total. The highest BCUT2D eigenvalue weighted by Gasteiger charge is 2.10. The molecule has 3 aromatic rings. The number of carbonyl (C=O) groups is 2. The SMILES string of the molecule is CC(C)Oc1ccc(C(=O)Nc2cccc(C(=O)Nc3cccc(Cl)c3)c2)cc1. The Morgan fingerprint density at radius 2 is 1.38 bits per heavy atom. The van der Waals surface area contributed by atoms with E-state index in [1.807, 2.05) is 13.8 Å². The van der Waals surface area contributed by atoms with E-state index in [4.69, 9.17) is 16.3 Å². The van der Waals surface area contributed by atoms with Gasteiger partial charge in [-0.3, -0.25) is 9.59 Å². The minimum atomic E-state index is -0.293. The Labute approximate surface area is 174 Å². The zero-order valence-corrected chi connectivity index (χ0v) is 16.9. The fraction of sp³-hybridized carbons (Fsp3) is 0.130. The van der Waals surface area contributed by atoms with Crippen molar-refractivity contribution in [2.75, 3.05) is 10.6 Å². The number of benzene rings is 3. The van der Waals surface area contributed by atoms with Crippen LogP contribution >= 0.6 is 11.6 Å². The lowest BCUT2D eigenvalue weighted by molar-refractivity contribution is 0.101. The Morgan fingerprint density at radius 3 is 2.00 bits per heavy atom. The predicted molar refractivity (Wildman–Crippen MR) is 116 cm³/mol. The molecular weight excluding hydrogens is 388 g/mol. The van der Waals surface area contributed by atoms with Crippen LogP contribution in [0.2, 0.25) is 5.02 Å². The minimum Gasteiger partial charge on any atom is -0.491 e. The fourth-order valence-electron chi connectivity index (χ4n) is 2.67. The summed E-state index contributed by atoms with van der Waals surface area (Å²) in [4.78, 5) is 25.0. The Hall–Kier alpha value is -3.31. The van der Waals surface area contributed by atoms with Crippen molar-refractivity contribution in [3.63, 3.8) is 0 Å². The van der Waals surface area contributed by atoms with Gasteiger partial charge in [-0.25, -0.2) is 0 Å². The molecule has 0 heterocycles. The van der Waals surface area contributed by atoms with Crippen molar-refractivity contribution in [2.24, 2.45) is 0 Å². The second-order valence-electron chi connectivity index (χ2n) is 6.69. The summed E-state index contributed by atoms with van der Waals surface area (Å²) in [5, 5.41) is 6.12. The summed E-state index contributed by atoms with van der Waals surface area (Å²) in [6.07, 6.45) is 0.0653. The molecule has 0 atom stereocenters. The second-order valence-corrected chi connectivity index (χ2v) is 7.13. The molecule has 3 aromatic carbocycles. The van der Waals surface area contributed by atoms with Crippen LogP contribution < -0.4 is 15.4 Å². The lowest BCUT2D eigenvalue weighted by Gasteiger charge is -2.11. The van der Waals surface area contributed by atoms with E-state index in [-0.39, 0.29) is 17.9 Å². The van der Waals surface area contributed by atoms with Crippen molar-refractivity contribution in [2.45, 2.75) is 20.0 Å². The standard InChI is InChI=1S/C23H21ClN2O3/c1-15(2)29-21-11-9-16(10-12-21)22(27)25-19-7-3-5-17(13-19)23(28)26-20-8-4-6-18(24)14-20/h3-15H,1-2H3,(H,25,27)(H,26,28). The summed E-state index contributed by atoms with van der Waals surface area (Å²) in [6.45, 7) is 3.88. The van der Waals surface area contributed by atoms with E-state index < -0.39 is 0 Å². The molecule has 0 aromatic heterocycles. The number of halogens is 1. The summed E-state index contributed by atoms with van der Waals surface area (Å²) in [5.41, 5.74) is 2.04. The average molecular weight is 409 g/mol. The number of nitrogens with one attached hydrogen (secondary N) is 2. The van der Waals surface area contributed by atoms with Gasteiger partial charge >= 0.3 is 0 Å². The molecule has 0 bridgehead atoms. The molecular formula is C23H21ClN2O3. The van der Waals surface area contributed by atoms with Crippen LogP contribution in [0.4, 0.5) is 11.4 Å². The van der Waals surface area contributed by atoms with Gasteiger partial charge in [-0.2, -0.15) is 0 Å². The molecule has 0 spiro atoms. The molecule has 0 unspecified atom stereocenters. The van der Waals surface area contributed by atoms with Crippen molar-refractivity contribution < 1.29 is 14.3 Å². The fourth-order valence-corrected chi connectivity index (χ4v) is 2.86. The lowest BCUT2D eigenvalue weighted by Crippen LogP contribution is -2.14. The summed E-state index contributed by atoms with van der Waals surface area (Å²) in [7, 11) is 0. The van der Waals surface area contributed by atoms with Gasteiger partial charge in [0.1, 0.15) is 5.75 Å². The zero-order chi connectivity index (χ0) is 20.8. The van der Waals surface area contributed by atoms with Crippen LogP contribution in [0.1, 0.15) is 34.6 Å². The van der Waals surface area contributed by atoms with Crippen LogP contribution in [-0.4, -0.2) is 17.9 Å². The first-order valence-electron chi connectivity index (χ1n) is 9.16. The third-order valence-corrected chi connectivity index (χ3v) is 4.19. The quantitative estimate of drug-likeness (QED) is 0.555. The molecule has 2 amide bonds. The van der Waals surface area contributed by atoms with E-state index in [0.717, 1.165) is 0 Å². The number of hydrogen-bond acceptors (Lipinski definition) is 3. The van der Waals surface area contributed by atoms with Crippen LogP contribution in [0.15, 0.2) is 72.8 Å². The van der Waals surface area contributed by atoms with E-state index in [0.29, 0.717) is 33.3 Å². The lowest BCUT2D eigenvalue weighted by atomic mass is 10.1. The van der Waals surface area contributed by atoms with Gasteiger partial charge in [-0.1, -0.05) is 23.7 Å². The second kappa shape index (κ2) is 9.26. The highest BCUT2D eigenvalue weighted by molar-refractivity contribution is 6.31. The summed E-state index contributed by atoms with van der Waals surface area (Å²) < 4.78 is 5.58. The van der Waals surface area contributed by atoms with Gasteiger partial charge in [0.25, 0.3) is 11.8 Å². The third kappa shape index (κ3) is 5.83. The Balaban J connectivity index is 1.67. The molecule has 3 rings (SSSR count). The molecule has 6 heteroatoms. The smallest absolute Gasteiger partial charge is 0.255 e. The Kier molecular flexibility index (Phi) is 6.52. The number of carbonyl (C=O) groups excluding carboxylic acids is 2. The first-order chi connectivity index (χ1) is 13.9. The van der Waals surface area contributed by atoms with Crippen LogP contribution in [0.25, 0.3) is 0 Å². The van der Waals surface area contributed by atoms with E-state index >= 15 is 0 Å². The monoisotopic (exact) mass is 408 g/mol. The highest BCUT2D eigenvalue weighted by Crippen LogP contribution is 2.19. The maximum absolute atomic E-state index is 12.5.